The van der Waals surface area contributed by atoms with Crippen molar-refractivity contribution in [2.75, 3.05) is 13.1 Å². The summed E-state index contributed by atoms with van der Waals surface area (Å²) in [5.41, 5.74) is 6.77. The molecule has 1 amide bonds. The number of hydrogen-bond donors (Lipinski definition) is 1. The number of likely N-dealkylation sites (tertiary alicyclic amines) is 1. The van der Waals surface area contributed by atoms with Crippen molar-refractivity contribution in [1.82, 2.24) is 4.90 Å². The van der Waals surface area contributed by atoms with E-state index in [4.69, 9.17) is 5.73 Å². The van der Waals surface area contributed by atoms with Crippen LogP contribution in [-0.4, -0.2) is 34.9 Å². The monoisotopic (exact) mass is 277 g/mol. The minimum atomic E-state index is -0.445. The molecule has 1 aromatic carbocycles. The number of piperidine rings is 1. The quantitative estimate of drug-likeness (QED) is 0.666. The van der Waals surface area contributed by atoms with Gasteiger partial charge in [-0.15, -0.1) is 0 Å². The fourth-order valence-electron chi connectivity index (χ4n) is 2.41. The summed E-state index contributed by atoms with van der Waals surface area (Å²) >= 11 is 0. The molecule has 0 radical (unpaired) electrons. The van der Waals surface area contributed by atoms with E-state index < -0.39 is 4.92 Å². The van der Waals surface area contributed by atoms with Crippen LogP contribution in [0.5, 0.6) is 0 Å². The summed E-state index contributed by atoms with van der Waals surface area (Å²) in [6.07, 6.45) is 1.10. The first-order chi connectivity index (χ1) is 9.47. The van der Waals surface area contributed by atoms with Crippen LogP contribution >= 0.6 is 0 Å². The number of nitro benzene ring substituents is 1. The molecule has 108 valence electrons. The van der Waals surface area contributed by atoms with Gasteiger partial charge in [0.1, 0.15) is 0 Å². The summed E-state index contributed by atoms with van der Waals surface area (Å²) < 4.78 is 0. The molecule has 0 bridgehead atoms. The lowest BCUT2D eigenvalue weighted by molar-refractivity contribution is -0.384. The van der Waals surface area contributed by atoms with E-state index in [1.807, 2.05) is 4.90 Å². The Hall–Kier alpha value is -1.95. The standard InChI is InChI=1S/C14H19N3O3/c1-10-9-16(7-6-13(10)15)14(18)8-11-2-4-12(5-3-11)17(19)20/h2-5,10,13H,6-9,15H2,1H3. The molecule has 6 heteroatoms. The molecule has 0 aromatic heterocycles. The van der Waals surface area contributed by atoms with E-state index >= 15 is 0 Å². The van der Waals surface area contributed by atoms with E-state index in [-0.39, 0.29) is 24.1 Å². The van der Waals surface area contributed by atoms with Crippen molar-refractivity contribution >= 4 is 11.6 Å². The van der Waals surface area contributed by atoms with Crippen LogP contribution in [0.15, 0.2) is 24.3 Å². The molecule has 1 saturated heterocycles. The van der Waals surface area contributed by atoms with Crippen molar-refractivity contribution in [3.05, 3.63) is 39.9 Å². The molecule has 2 unspecified atom stereocenters. The summed E-state index contributed by atoms with van der Waals surface area (Å²) in [4.78, 5) is 24.1. The van der Waals surface area contributed by atoms with E-state index in [0.29, 0.717) is 19.0 Å². The highest BCUT2D eigenvalue weighted by atomic mass is 16.6. The van der Waals surface area contributed by atoms with Crippen molar-refractivity contribution in [2.24, 2.45) is 11.7 Å². The zero-order chi connectivity index (χ0) is 14.7. The Bertz CT molecular complexity index is 501. The lowest BCUT2D eigenvalue weighted by Crippen LogP contribution is -2.48. The maximum absolute atomic E-state index is 12.2. The molecule has 2 rings (SSSR count). The number of benzene rings is 1. The van der Waals surface area contributed by atoms with Crippen LogP contribution in [0, 0.1) is 16.0 Å². The van der Waals surface area contributed by atoms with E-state index in [2.05, 4.69) is 6.92 Å². The van der Waals surface area contributed by atoms with Gasteiger partial charge in [0, 0.05) is 31.3 Å². The Morgan fingerprint density at radius 2 is 2.10 bits per heavy atom. The summed E-state index contributed by atoms with van der Waals surface area (Å²) in [5.74, 6) is 0.363. The van der Waals surface area contributed by atoms with Crippen LogP contribution < -0.4 is 5.73 Å². The first kappa shape index (κ1) is 14.5. The number of carbonyl (C=O) groups is 1. The Morgan fingerprint density at radius 3 is 2.65 bits per heavy atom. The van der Waals surface area contributed by atoms with Gasteiger partial charge in [0.05, 0.1) is 11.3 Å². The number of rotatable bonds is 3. The van der Waals surface area contributed by atoms with Gasteiger partial charge in [0.15, 0.2) is 0 Å². The first-order valence-electron chi connectivity index (χ1n) is 6.74. The number of nitro groups is 1. The summed E-state index contributed by atoms with van der Waals surface area (Å²) in [5, 5.41) is 10.6. The van der Waals surface area contributed by atoms with Crippen LogP contribution in [0.25, 0.3) is 0 Å². The molecular weight excluding hydrogens is 258 g/mol. The third-order valence-electron chi connectivity index (χ3n) is 3.83. The lowest BCUT2D eigenvalue weighted by Gasteiger charge is -2.35. The molecule has 0 aliphatic carbocycles. The number of non-ortho nitro benzene ring substituents is 1. The molecule has 1 aliphatic rings. The number of hydrogen-bond acceptors (Lipinski definition) is 4. The van der Waals surface area contributed by atoms with Crippen LogP contribution in [0.4, 0.5) is 5.69 Å². The third-order valence-corrected chi connectivity index (χ3v) is 3.83. The molecule has 1 aliphatic heterocycles. The number of carbonyl (C=O) groups excluding carboxylic acids is 1. The molecule has 0 spiro atoms. The zero-order valence-electron chi connectivity index (χ0n) is 11.5. The molecule has 1 fully saturated rings. The summed E-state index contributed by atoms with van der Waals surface area (Å²) in [6, 6.07) is 6.29. The van der Waals surface area contributed by atoms with Crippen LogP contribution in [-0.2, 0) is 11.2 Å². The third kappa shape index (κ3) is 3.33. The molecule has 2 N–H and O–H groups in total. The highest BCUT2D eigenvalue weighted by Crippen LogP contribution is 2.17. The fraction of sp³-hybridized carbons (Fsp3) is 0.500. The maximum atomic E-state index is 12.2. The zero-order valence-corrected chi connectivity index (χ0v) is 11.5. The predicted molar refractivity (Wildman–Crippen MR) is 75.1 cm³/mol. The van der Waals surface area contributed by atoms with Gasteiger partial charge in [-0.25, -0.2) is 0 Å². The Morgan fingerprint density at radius 1 is 1.45 bits per heavy atom. The molecule has 2 atom stereocenters. The molecular formula is C14H19N3O3. The largest absolute Gasteiger partial charge is 0.342 e. The van der Waals surface area contributed by atoms with Crippen molar-refractivity contribution in [3.63, 3.8) is 0 Å². The average molecular weight is 277 g/mol. The van der Waals surface area contributed by atoms with Crippen molar-refractivity contribution in [1.29, 1.82) is 0 Å². The van der Waals surface area contributed by atoms with Crippen LogP contribution in [0.3, 0.4) is 0 Å². The lowest BCUT2D eigenvalue weighted by atomic mass is 9.94. The average Bonchev–Trinajstić information content (AvgIpc) is 2.42. The van der Waals surface area contributed by atoms with Gasteiger partial charge in [-0.05, 0) is 17.9 Å². The second-order valence-corrected chi connectivity index (χ2v) is 5.37. The smallest absolute Gasteiger partial charge is 0.269 e. The highest BCUT2D eigenvalue weighted by Gasteiger charge is 2.26. The normalized spacial score (nSPS) is 22.6. The molecule has 20 heavy (non-hydrogen) atoms. The van der Waals surface area contributed by atoms with E-state index in [0.717, 1.165) is 12.0 Å². The molecule has 1 heterocycles. The molecule has 1 aromatic rings. The Balaban J connectivity index is 1.96. The summed E-state index contributed by atoms with van der Waals surface area (Å²) in [6.45, 7) is 3.43. The van der Waals surface area contributed by atoms with E-state index in [9.17, 15) is 14.9 Å². The number of nitrogens with zero attached hydrogens (tertiary/aromatic N) is 2. The first-order valence-corrected chi connectivity index (χ1v) is 6.74. The minimum absolute atomic E-state index is 0.0405. The second-order valence-electron chi connectivity index (χ2n) is 5.37. The van der Waals surface area contributed by atoms with Gasteiger partial charge in [-0.3, -0.25) is 14.9 Å². The van der Waals surface area contributed by atoms with Crippen molar-refractivity contribution in [3.8, 4) is 0 Å². The topological polar surface area (TPSA) is 89.5 Å². The molecule has 0 saturated carbocycles. The Labute approximate surface area is 117 Å². The van der Waals surface area contributed by atoms with Gasteiger partial charge in [-0.2, -0.15) is 0 Å². The summed E-state index contributed by atoms with van der Waals surface area (Å²) in [7, 11) is 0. The van der Waals surface area contributed by atoms with Gasteiger partial charge in [0.2, 0.25) is 5.91 Å². The highest BCUT2D eigenvalue weighted by molar-refractivity contribution is 5.79. The van der Waals surface area contributed by atoms with Crippen LogP contribution in [0.2, 0.25) is 0 Å². The van der Waals surface area contributed by atoms with Crippen molar-refractivity contribution in [2.45, 2.75) is 25.8 Å². The van der Waals surface area contributed by atoms with Gasteiger partial charge < -0.3 is 10.6 Å². The molecule has 6 nitrogen and oxygen atoms in total. The fourth-order valence-corrected chi connectivity index (χ4v) is 2.41. The van der Waals surface area contributed by atoms with Gasteiger partial charge in [-0.1, -0.05) is 19.1 Å². The van der Waals surface area contributed by atoms with Crippen molar-refractivity contribution < 1.29 is 9.72 Å². The number of amides is 1. The minimum Gasteiger partial charge on any atom is -0.342 e. The van der Waals surface area contributed by atoms with E-state index in [1.54, 1.807) is 12.1 Å². The van der Waals surface area contributed by atoms with Crippen LogP contribution in [0.1, 0.15) is 18.9 Å². The van der Waals surface area contributed by atoms with Gasteiger partial charge >= 0.3 is 0 Å². The second kappa shape index (κ2) is 6.00. The van der Waals surface area contributed by atoms with E-state index in [1.165, 1.54) is 12.1 Å². The number of nitrogens with two attached hydrogens (primary N) is 1. The maximum Gasteiger partial charge on any atom is 0.269 e. The predicted octanol–water partition coefficient (Wildman–Crippen LogP) is 1.33. The SMILES string of the molecule is CC1CN(C(=O)Cc2ccc([N+](=O)[O-])cc2)CCC1N. The Kier molecular flexibility index (Phi) is 4.34. The van der Waals surface area contributed by atoms with Gasteiger partial charge in [0.25, 0.3) is 5.69 Å².